The molecule has 0 bridgehead atoms. The first-order valence-corrected chi connectivity index (χ1v) is 13.6. The number of carbonyl (C=O) groups excluding carboxylic acids is 3. The molecule has 40 heavy (non-hydrogen) atoms. The van der Waals surface area contributed by atoms with Gasteiger partial charge in [0.25, 0.3) is 0 Å². The number of fused-ring (bicyclic) bond motifs is 1. The van der Waals surface area contributed by atoms with E-state index >= 15 is 0 Å². The SMILES string of the molecule is O=C(/C=C/c1ccccc1)Nc1ccc(SC2CC(=O)N(c3ccc(-c4nc5ccccc5o4)cc3)C2=O)cc1. The number of carbonyl (C=O) groups is 3. The molecule has 0 spiro atoms. The normalized spacial score (nSPS) is 15.3. The van der Waals surface area contributed by atoms with E-state index in [1.165, 1.54) is 22.7 Å². The van der Waals surface area contributed by atoms with Crippen molar-refractivity contribution < 1.29 is 18.8 Å². The summed E-state index contributed by atoms with van der Waals surface area (Å²) in [5, 5.41) is 2.30. The van der Waals surface area contributed by atoms with Gasteiger partial charge in [0.05, 0.1) is 10.9 Å². The second-order valence-corrected chi connectivity index (χ2v) is 10.4. The highest BCUT2D eigenvalue weighted by Crippen LogP contribution is 2.35. The summed E-state index contributed by atoms with van der Waals surface area (Å²) in [5.41, 5.74) is 4.31. The van der Waals surface area contributed by atoms with Crippen LogP contribution in [0.5, 0.6) is 0 Å². The molecule has 1 fully saturated rings. The highest BCUT2D eigenvalue weighted by Gasteiger charge is 2.40. The van der Waals surface area contributed by atoms with E-state index in [4.69, 9.17) is 4.42 Å². The zero-order valence-electron chi connectivity index (χ0n) is 21.2. The first-order valence-electron chi connectivity index (χ1n) is 12.7. The number of para-hydroxylation sites is 2. The van der Waals surface area contributed by atoms with Crippen LogP contribution in [0.1, 0.15) is 12.0 Å². The predicted molar refractivity (Wildman–Crippen MR) is 157 cm³/mol. The molecule has 1 aromatic heterocycles. The number of hydrogen-bond acceptors (Lipinski definition) is 6. The largest absolute Gasteiger partial charge is 0.436 e. The smallest absolute Gasteiger partial charge is 0.248 e. The van der Waals surface area contributed by atoms with Crippen LogP contribution in [0.3, 0.4) is 0 Å². The molecule has 196 valence electrons. The lowest BCUT2D eigenvalue weighted by Gasteiger charge is -2.15. The van der Waals surface area contributed by atoms with Crippen molar-refractivity contribution in [1.82, 2.24) is 4.98 Å². The Morgan fingerprint density at radius 1 is 0.900 bits per heavy atom. The molecular weight excluding hydrogens is 522 g/mol. The van der Waals surface area contributed by atoms with E-state index in [9.17, 15) is 14.4 Å². The molecule has 5 aromatic rings. The maximum absolute atomic E-state index is 13.2. The fraction of sp³-hybridized carbons (Fsp3) is 0.0625. The zero-order chi connectivity index (χ0) is 27.5. The first kappa shape index (κ1) is 25.3. The predicted octanol–water partition coefficient (Wildman–Crippen LogP) is 6.57. The fourth-order valence-corrected chi connectivity index (χ4v) is 5.47. The molecular formula is C32H23N3O4S. The lowest BCUT2D eigenvalue weighted by Crippen LogP contribution is -2.31. The fourth-order valence-electron chi connectivity index (χ4n) is 4.42. The molecule has 0 radical (unpaired) electrons. The van der Waals surface area contributed by atoms with Crippen LogP contribution in [0.15, 0.2) is 119 Å². The average molecular weight is 546 g/mol. The number of nitrogens with one attached hydrogen (secondary N) is 1. The number of hydrogen-bond donors (Lipinski definition) is 1. The van der Waals surface area contributed by atoms with E-state index in [0.717, 1.165) is 21.5 Å². The number of rotatable bonds is 7. The van der Waals surface area contributed by atoms with Crippen molar-refractivity contribution in [2.75, 3.05) is 10.2 Å². The van der Waals surface area contributed by atoms with E-state index in [2.05, 4.69) is 10.3 Å². The second kappa shape index (κ2) is 11.0. The summed E-state index contributed by atoms with van der Waals surface area (Å²) in [6, 6.07) is 31.4. The topological polar surface area (TPSA) is 92.5 Å². The quantitative estimate of drug-likeness (QED) is 0.184. The molecule has 7 nitrogen and oxygen atoms in total. The molecule has 1 atom stereocenters. The van der Waals surface area contributed by atoms with Gasteiger partial charge in [-0.3, -0.25) is 14.4 Å². The number of oxazole rings is 1. The molecule has 2 heterocycles. The van der Waals surface area contributed by atoms with Gasteiger partial charge in [-0.1, -0.05) is 42.5 Å². The van der Waals surface area contributed by atoms with E-state index in [1.807, 2.05) is 66.7 Å². The third-order valence-corrected chi connectivity index (χ3v) is 7.60. The standard InChI is InChI=1S/C32H23N3O4S/c36-29(19-10-21-6-2-1-3-7-21)33-23-13-17-25(18-14-23)40-28-20-30(37)35(32(28)38)24-15-11-22(12-16-24)31-34-26-8-4-5-9-27(26)39-31/h1-19,28H,20H2,(H,33,36)/b19-10+. The summed E-state index contributed by atoms with van der Waals surface area (Å²) in [5.74, 6) is -0.259. The molecule has 1 aliphatic heterocycles. The van der Waals surface area contributed by atoms with Crippen molar-refractivity contribution in [1.29, 1.82) is 0 Å². The second-order valence-electron chi connectivity index (χ2n) is 9.17. The Morgan fingerprint density at radius 3 is 2.38 bits per heavy atom. The molecule has 1 aliphatic rings. The summed E-state index contributed by atoms with van der Waals surface area (Å²) >= 11 is 1.34. The van der Waals surface area contributed by atoms with Gasteiger partial charge in [-0.25, -0.2) is 9.88 Å². The van der Waals surface area contributed by atoms with Crippen LogP contribution in [-0.2, 0) is 14.4 Å². The summed E-state index contributed by atoms with van der Waals surface area (Å²) in [6.07, 6.45) is 3.34. The van der Waals surface area contributed by atoms with Gasteiger partial charge in [0.2, 0.25) is 23.6 Å². The van der Waals surface area contributed by atoms with Gasteiger partial charge in [0.15, 0.2) is 5.58 Å². The molecule has 1 N–H and O–H groups in total. The Bertz CT molecular complexity index is 1700. The van der Waals surface area contributed by atoms with E-state index in [-0.39, 0.29) is 24.1 Å². The van der Waals surface area contributed by atoms with Crippen molar-refractivity contribution in [3.05, 3.63) is 115 Å². The Balaban J connectivity index is 1.08. The van der Waals surface area contributed by atoms with E-state index < -0.39 is 5.25 Å². The minimum absolute atomic E-state index is 0.110. The highest BCUT2D eigenvalue weighted by molar-refractivity contribution is 8.00. The van der Waals surface area contributed by atoms with Crippen LogP contribution in [0.25, 0.3) is 28.6 Å². The van der Waals surface area contributed by atoms with Crippen LogP contribution in [0.4, 0.5) is 11.4 Å². The van der Waals surface area contributed by atoms with Crippen LogP contribution in [0.2, 0.25) is 0 Å². The Morgan fingerprint density at radius 2 is 1.62 bits per heavy atom. The molecule has 0 aliphatic carbocycles. The maximum Gasteiger partial charge on any atom is 0.248 e. The molecule has 8 heteroatoms. The Labute approximate surface area is 234 Å². The van der Waals surface area contributed by atoms with Crippen molar-refractivity contribution in [2.24, 2.45) is 0 Å². The van der Waals surface area contributed by atoms with E-state index in [0.29, 0.717) is 22.8 Å². The molecule has 0 saturated carbocycles. The number of benzene rings is 4. The number of amides is 3. The minimum atomic E-state index is -0.529. The van der Waals surface area contributed by atoms with Gasteiger partial charge >= 0.3 is 0 Å². The van der Waals surface area contributed by atoms with Gasteiger partial charge in [-0.05, 0) is 72.3 Å². The summed E-state index contributed by atoms with van der Waals surface area (Å²) < 4.78 is 5.82. The lowest BCUT2D eigenvalue weighted by molar-refractivity contribution is -0.121. The highest BCUT2D eigenvalue weighted by atomic mass is 32.2. The number of anilines is 2. The molecule has 1 unspecified atom stereocenters. The van der Waals surface area contributed by atoms with Crippen molar-refractivity contribution in [2.45, 2.75) is 16.6 Å². The maximum atomic E-state index is 13.2. The monoisotopic (exact) mass is 545 g/mol. The van der Waals surface area contributed by atoms with Gasteiger partial charge in [0.1, 0.15) is 5.52 Å². The zero-order valence-corrected chi connectivity index (χ0v) is 22.0. The Kier molecular flexibility index (Phi) is 6.99. The Hall–Kier alpha value is -4.95. The average Bonchev–Trinajstić information content (AvgIpc) is 3.54. The van der Waals surface area contributed by atoms with Gasteiger partial charge < -0.3 is 9.73 Å². The van der Waals surface area contributed by atoms with Gasteiger partial charge in [0, 0.05) is 28.6 Å². The summed E-state index contributed by atoms with van der Waals surface area (Å²) in [4.78, 5) is 44.8. The number of nitrogens with zero attached hydrogens (tertiary/aromatic N) is 2. The number of imide groups is 1. The number of aromatic nitrogens is 1. The van der Waals surface area contributed by atoms with Gasteiger partial charge in [-0.2, -0.15) is 0 Å². The van der Waals surface area contributed by atoms with Crippen molar-refractivity contribution >= 4 is 58.0 Å². The van der Waals surface area contributed by atoms with E-state index in [1.54, 1.807) is 42.5 Å². The van der Waals surface area contributed by atoms with Crippen LogP contribution in [0, 0.1) is 0 Å². The number of thioether (sulfide) groups is 1. The minimum Gasteiger partial charge on any atom is -0.436 e. The lowest BCUT2D eigenvalue weighted by atomic mass is 10.2. The molecule has 1 saturated heterocycles. The van der Waals surface area contributed by atoms with Crippen LogP contribution in [-0.4, -0.2) is 28.0 Å². The molecule has 3 amide bonds. The summed E-state index contributed by atoms with van der Waals surface area (Å²) in [7, 11) is 0. The third-order valence-electron chi connectivity index (χ3n) is 6.40. The first-order chi connectivity index (χ1) is 19.5. The summed E-state index contributed by atoms with van der Waals surface area (Å²) in [6.45, 7) is 0. The van der Waals surface area contributed by atoms with Crippen molar-refractivity contribution in [3.63, 3.8) is 0 Å². The van der Waals surface area contributed by atoms with Crippen LogP contribution >= 0.6 is 11.8 Å². The van der Waals surface area contributed by atoms with Crippen molar-refractivity contribution in [3.8, 4) is 11.5 Å². The third kappa shape index (κ3) is 5.43. The van der Waals surface area contributed by atoms with Crippen LogP contribution < -0.4 is 10.2 Å². The molecule has 4 aromatic carbocycles. The van der Waals surface area contributed by atoms with Gasteiger partial charge in [-0.15, -0.1) is 11.8 Å². The molecule has 6 rings (SSSR count).